The fraction of sp³-hybridized carbons (Fsp3) is 0.280. The lowest BCUT2D eigenvalue weighted by Gasteiger charge is -2.33. The summed E-state index contributed by atoms with van der Waals surface area (Å²) < 4.78 is 33.5. The molecule has 0 saturated carbocycles. The van der Waals surface area contributed by atoms with Crippen LogP contribution in [0.25, 0.3) is 0 Å². The monoisotopic (exact) mass is 544 g/mol. The van der Waals surface area contributed by atoms with Gasteiger partial charge in [0.25, 0.3) is 0 Å². The summed E-state index contributed by atoms with van der Waals surface area (Å²) in [6.07, 6.45) is 0. The molecule has 0 aliphatic heterocycles. The van der Waals surface area contributed by atoms with E-state index in [9.17, 15) is 0 Å². The van der Waals surface area contributed by atoms with Crippen molar-refractivity contribution in [1.29, 1.82) is 0 Å². The molecule has 0 unspecified atom stereocenters. The molecule has 10 heteroatoms. The molecule has 0 heterocycles. The van der Waals surface area contributed by atoms with Crippen LogP contribution in [0, 0.1) is 0 Å². The minimum atomic E-state index is -1.86. The highest BCUT2D eigenvalue weighted by Crippen LogP contribution is 2.35. The zero-order valence-electron chi connectivity index (χ0n) is 21.6. The standard InChI is InChI=1S/C25H36O6Si4/c1-26-33(27-2)22-13-7-19(8-14-22)25(32,20-9-15-23(16-10-20)34(28-3)29-4)21-11-17-24(18-12-21)35(30-5)31-6/h7-18,33-35H,1-6,32H3. The van der Waals surface area contributed by atoms with Crippen LogP contribution in [0.3, 0.4) is 0 Å². The van der Waals surface area contributed by atoms with Crippen LogP contribution in [0.4, 0.5) is 0 Å². The minimum absolute atomic E-state index is 0.249. The second kappa shape index (κ2) is 13.0. The smallest absolute Gasteiger partial charge is 0.355 e. The van der Waals surface area contributed by atoms with Crippen molar-refractivity contribution in [2.24, 2.45) is 0 Å². The van der Waals surface area contributed by atoms with Gasteiger partial charge in [-0.3, -0.25) is 0 Å². The van der Waals surface area contributed by atoms with Crippen molar-refractivity contribution >= 4 is 53.7 Å². The summed E-state index contributed by atoms with van der Waals surface area (Å²) in [5.41, 5.74) is 3.73. The van der Waals surface area contributed by atoms with E-state index in [1.165, 1.54) is 16.7 Å². The van der Waals surface area contributed by atoms with Crippen LogP contribution in [0.15, 0.2) is 72.8 Å². The number of benzene rings is 3. The molecule has 0 saturated heterocycles. The van der Waals surface area contributed by atoms with E-state index >= 15 is 0 Å². The molecule has 6 nitrogen and oxygen atoms in total. The normalized spacial score (nSPS) is 12.3. The van der Waals surface area contributed by atoms with Crippen molar-refractivity contribution in [3.05, 3.63) is 89.5 Å². The Hall–Kier alpha value is -1.71. The summed E-state index contributed by atoms with van der Waals surface area (Å²) in [6, 6.07) is 26.2. The Morgan fingerprint density at radius 3 is 0.800 bits per heavy atom. The number of hydrogen-bond donors (Lipinski definition) is 0. The van der Waals surface area contributed by atoms with Crippen LogP contribution in [0.2, 0.25) is 0 Å². The van der Waals surface area contributed by atoms with Gasteiger partial charge in [-0.15, -0.1) is 0 Å². The van der Waals surface area contributed by atoms with Crippen LogP contribution in [-0.2, 0) is 31.6 Å². The molecule has 0 fully saturated rings. The second-order valence-corrected chi connectivity index (χ2v) is 16.7. The molecule has 188 valence electrons. The first-order valence-electron chi connectivity index (χ1n) is 11.4. The highest BCUT2D eigenvalue weighted by atomic mass is 28.3. The van der Waals surface area contributed by atoms with Crippen LogP contribution in [-0.4, -0.2) is 80.8 Å². The Morgan fingerprint density at radius 2 is 0.629 bits per heavy atom. The topological polar surface area (TPSA) is 55.4 Å². The summed E-state index contributed by atoms with van der Waals surface area (Å²) in [7, 11) is 5.55. The van der Waals surface area contributed by atoms with Gasteiger partial charge in [-0.25, -0.2) is 0 Å². The van der Waals surface area contributed by atoms with E-state index in [2.05, 4.69) is 72.8 Å². The van der Waals surface area contributed by atoms with Gasteiger partial charge in [-0.2, -0.15) is 0 Å². The second-order valence-electron chi connectivity index (χ2n) is 8.40. The van der Waals surface area contributed by atoms with Gasteiger partial charge in [0.05, 0.1) is 0 Å². The van der Waals surface area contributed by atoms with Crippen molar-refractivity contribution in [3.8, 4) is 0 Å². The molecule has 3 aromatic rings. The lowest BCUT2D eigenvalue weighted by Crippen LogP contribution is -2.38. The molecule has 0 radical (unpaired) electrons. The summed E-state index contributed by atoms with van der Waals surface area (Å²) in [6.45, 7) is 0. The van der Waals surface area contributed by atoms with Gasteiger partial charge >= 0.3 is 27.9 Å². The SMILES string of the molecule is CO[SiH](OC)c1ccc(C([SiH3])(c2ccc([SiH](OC)OC)cc2)c2ccc([SiH](OC)OC)cc2)cc1. The summed E-state index contributed by atoms with van der Waals surface area (Å²) in [5.74, 6) is 0. The summed E-state index contributed by atoms with van der Waals surface area (Å²) in [4.78, 5) is 0. The zero-order valence-corrected chi connectivity index (χ0v) is 27.1. The largest absolute Gasteiger partial charge is 0.397 e. The van der Waals surface area contributed by atoms with Crippen molar-refractivity contribution in [1.82, 2.24) is 0 Å². The molecular formula is C25H36O6Si4. The highest BCUT2D eigenvalue weighted by Gasteiger charge is 2.32. The van der Waals surface area contributed by atoms with E-state index in [1.807, 2.05) is 0 Å². The average Bonchev–Trinajstić information content (AvgIpc) is 2.91. The Labute approximate surface area is 217 Å². The van der Waals surface area contributed by atoms with Crippen molar-refractivity contribution in [3.63, 3.8) is 0 Å². The van der Waals surface area contributed by atoms with E-state index in [0.717, 1.165) is 25.8 Å². The van der Waals surface area contributed by atoms with Gasteiger partial charge in [-0.05, 0) is 32.3 Å². The predicted octanol–water partition coefficient (Wildman–Crippen LogP) is -0.495. The van der Waals surface area contributed by atoms with Crippen molar-refractivity contribution in [2.45, 2.75) is 5.04 Å². The first kappa shape index (κ1) is 27.9. The molecular weight excluding hydrogens is 509 g/mol. The number of rotatable bonds is 12. The maximum atomic E-state index is 5.58. The average molecular weight is 545 g/mol. The van der Waals surface area contributed by atoms with Crippen LogP contribution < -0.4 is 15.6 Å². The molecule has 0 aromatic heterocycles. The van der Waals surface area contributed by atoms with Gasteiger partial charge in [0, 0.05) is 57.9 Å². The molecule has 0 atom stereocenters. The Kier molecular flexibility index (Phi) is 10.4. The fourth-order valence-corrected chi connectivity index (χ4v) is 9.26. The zero-order chi connectivity index (χ0) is 25.4. The first-order chi connectivity index (χ1) is 17.0. The number of hydrogen-bond acceptors (Lipinski definition) is 6. The molecule has 3 rings (SSSR count). The Bertz CT molecular complexity index is 900. The van der Waals surface area contributed by atoms with Gasteiger partial charge in [0.2, 0.25) is 0 Å². The summed E-state index contributed by atoms with van der Waals surface area (Å²) in [5, 5.41) is 3.12. The van der Waals surface area contributed by atoms with E-state index in [4.69, 9.17) is 26.6 Å². The molecule has 0 bridgehead atoms. The summed E-state index contributed by atoms with van der Waals surface area (Å²) >= 11 is 0. The molecule has 3 aromatic carbocycles. The molecule has 0 spiro atoms. The van der Waals surface area contributed by atoms with E-state index in [0.29, 0.717) is 0 Å². The van der Waals surface area contributed by atoms with E-state index in [-0.39, 0.29) is 5.04 Å². The van der Waals surface area contributed by atoms with Gasteiger partial charge in [0.15, 0.2) is 0 Å². The van der Waals surface area contributed by atoms with Gasteiger partial charge in [-0.1, -0.05) is 72.8 Å². The van der Waals surface area contributed by atoms with Crippen LogP contribution >= 0.6 is 0 Å². The van der Waals surface area contributed by atoms with Crippen LogP contribution in [0.1, 0.15) is 16.7 Å². The van der Waals surface area contributed by atoms with Crippen LogP contribution in [0.5, 0.6) is 0 Å². The van der Waals surface area contributed by atoms with Crippen molar-refractivity contribution in [2.75, 3.05) is 42.7 Å². The minimum Gasteiger partial charge on any atom is -0.397 e. The van der Waals surface area contributed by atoms with E-state index in [1.54, 1.807) is 42.7 Å². The first-order valence-corrected chi connectivity index (χ1v) is 17.0. The van der Waals surface area contributed by atoms with Crippen molar-refractivity contribution < 1.29 is 26.6 Å². The lowest BCUT2D eigenvalue weighted by atomic mass is 9.84. The lowest BCUT2D eigenvalue weighted by molar-refractivity contribution is 0.291. The Balaban J connectivity index is 2.10. The molecule has 0 amide bonds. The molecule has 0 aliphatic carbocycles. The van der Waals surface area contributed by atoms with Gasteiger partial charge in [0.1, 0.15) is 0 Å². The Morgan fingerprint density at radius 1 is 0.429 bits per heavy atom. The maximum absolute atomic E-state index is 5.58. The third kappa shape index (κ3) is 6.00. The molecule has 0 N–H and O–H groups in total. The third-order valence-corrected chi connectivity index (χ3v) is 13.7. The van der Waals surface area contributed by atoms with E-state index < -0.39 is 27.9 Å². The third-order valence-electron chi connectivity index (χ3n) is 6.57. The quantitative estimate of drug-likeness (QED) is 0.227. The fourth-order valence-electron chi connectivity index (χ4n) is 4.53. The molecule has 35 heavy (non-hydrogen) atoms. The van der Waals surface area contributed by atoms with Gasteiger partial charge < -0.3 is 26.6 Å². The molecule has 0 aliphatic rings. The highest BCUT2D eigenvalue weighted by molar-refractivity contribution is 6.62. The maximum Gasteiger partial charge on any atom is 0.355 e. The predicted molar refractivity (Wildman–Crippen MR) is 152 cm³/mol.